The van der Waals surface area contributed by atoms with E-state index in [4.69, 9.17) is 11.6 Å². The molecule has 0 radical (unpaired) electrons. The summed E-state index contributed by atoms with van der Waals surface area (Å²) < 4.78 is 0. The molecule has 1 nitrogen and oxygen atoms in total. The topological polar surface area (TPSA) is 12.4 Å². The molecule has 0 unspecified atom stereocenters. The number of fused-ring (bicyclic) bond motifs is 1. The lowest BCUT2D eigenvalue weighted by Crippen LogP contribution is -1.98. The fourth-order valence-electron chi connectivity index (χ4n) is 1.26. The first-order valence-corrected chi connectivity index (χ1v) is 4.05. The van der Waals surface area contributed by atoms with Crippen molar-refractivity contribution in [1.82, 2.24) is 0 Å². The molecule has 1 aliphatic heterocycles. The van der Waals surface area contributed by atoms with Crippen LogP contribution in [0.25, 0.3) is 0 Å². The first-order chi connectivity index (χ1) is 5.36. The fourth-order valence-corrected chi connectivity index (χ4v) is 1.44. The SMILES string of the molecule is ClC1=Nc2ccccc2CC1. The maximum Gasteiger partial charge on any atom is 0.107 e. The summed E-state index contributed by atoms with van der Waals surface area (Å²) in [4.78, 5) is 4.23. The Kier molecular flexibility index (Phi) is 1.66. The lowest BCUT2D eigenvalue weighted by atomic mass is 10.1. The molecule has 0 N–H and O–H groups in total. The van der Waals surface area contributed by atoms with E-state index in [1.807, 2.05) is 18.2 Å². The summed E-state index contributed by atoms with van der Waals surface area (Å²) in [6.45, 7) is 0. The zero-order chi connectivity index (χ0) is 7.68. The first-order valence-electron chi connectivity index (χ1n) is 3.67. The largest absolute Gasteiger partial charge is 0.241 e. The molecule has 56 valence electrons. The molecule has 0 aliphatic carbocycles. The van der Waals surface area contributed by atoms with E-state index in [0.29, 0.717) is 0 Å². The van der Waals surface area contributed by atoms with Crippen molar-refractivity contribution < 1.29 is 0 Å². The predicted octanol–water partition coefficient (Wildman–Crippen LogP) is 2.90. The Bertz CT molecular complexity index is 304. The summed E-state index contributed by atoms with van der Waals surface area (Å²) in [5.74, 6) is 0. The number of aryl methyl sites for hydroxylation is 1. The summed E-state index contributed by atoms with van der Waals surface area (Å²) in [7, 11) is 0. The molecular formula is C9H8ClN. The number of para-hydroxylation sites is 1. The highest BCUT2D eigenvalue weighted by atomic mass is 35.5. The molecule has 0 atom stereocenters. The zero-order valence-electron chi connectivity index (χ0n) is 6.05. The molecule has 1 heterocycles. The van der Waals surface area contributed by atoms with Crippen LogP contribution in [-0.4, -0.2) is 5.17 Å². The standard InChI is InChI=1S/C9H8ClN/c10-9-6-5-7-3-1-2-4-8(7)11-9/h1-4H,5-6H2. The van der Waals surface area contributed by atoms with Crippen molar-refractivity contribution in [2.45, 2.75) is 12.8 Å². The van der Waals surface area contributed by atoms with Crippen molar-refractivity contribution in [2.75, 3.05) is 0 Å². The summed E-state index contributed by atoms with van der Waals surface area (Å²) in [6.07, 6.45) is 1.91. The molecule has 1 aromatic rings. The van der Waals surface area contributed by atoms with Gasteiger partial charge in [0.1, 0.15) is 5.17 Å². The predicted molar refractivity (Wildman–Crippen MR) is 47.7 cm³/mol. The highest BCUT2D eigenvalue weighted by Gasteiger charge is 2.08. The van der Waals surface area contributed by atoms with Crippen LogP contribution >= 0.6 is 11.6 Å². The van der Waals surface area contributed by atoms with Crippen LogP contribution in [0.1, 0.15) is 12.0 Å². The third kappa shape index (κ3) is 1.29. The summed E-state index contributed by atoms with van der Waals surface area (Å²) >= 11 is 5.79. The van der Waals surface area contributed by atoms with Crippen molar-refractivity contribution in [3.8, 4) is 0 Å². The Balaban J connectivity index is 2.51. The molecule has 0 fully saturated rings. The average Bonchev–Trinajstić information content (AvgIpc) is 2.04. The number of hydrogen-bond donors (Lipinski definition) is 0. The molecule has 0 saturated heterocycles. The van der Waals surface area contributed by atoms with Crippen LogP contribution in [0.15, 0.2) is 29.3 Å². The van der Waals surface area contributed by atoms with Gasteiger partial charge in [0.15, 0.2) is 0 Å². The van der Waals surface area contributed by atoms with Crippen LogP contribution < -0.4 is 0 Å². The molecule has 0 saturated carbocycles. The Morgan fingerprint density at radius 3 is 2.91 bits per heavy atom. The lowest BCUT2D eigenvalue weighted by Gasteiger charge is -2.10. The molecule has 1 aliphatic rings. The van der Waals surface area contributed by atoms with Gasteiger partial charge in [0.05, 0.1) is 5.69 Å². The van der Waals surface area contributed by atoms with E-state index in [2.05, 4.69) is 11.1 Å². The molecule has 2 heteroatoms. The van der Waals surface area contributed by atoms with Crippen molar-refractivity contribution in [3.63, 3.8) is 0 Å². The zero-order valence-corrected chi connectivity index (χ0v) is 6.80. The van der Waals surface area contributed by atoms with Gasteiger partial charge in [-0.05, 0) is 18.1 Å². The van der Waals surface area contributed by atoms with Gasteiger partial charge in [0, 0.05) is 6.42 Å². The van der Waals surface area contributed by atoms with Crippen LogP contribution in [0, 0.1) is 0 Å². The molecule has 0 amide bonds. The van der Waals surface area contributed by atoms with Crippen molar-refractivity contribution >= 4 is 22.5 Å². The first kappa shape index (κ1) is 6.86. The highest BCUT2D eigenvalue weighted by Crippen LogP contribution is 2.25. The van der Waals surface area contributed by atoms with Crippen LogP contribution in [0.3, 0.4) is 0 Å². The number of hydrogen-bond acceptors (Lipinski definition) is 1. The molecule has 1 aromatic carbocycles. The second-order valence-corrected chi connectivity index (χ2v) is 3.05. The van der Waals surface area contributed by atoms with Gasteiger partial charge in [-0.1, -0.05) is 29.8 Å². The van der Waals surface area contributed by atoms with Gasteiger partial charge in [0.25, 0.3) is 0 Å². The van der Waals surface area contributed by atoms with E-state index >= 15 is 0 Å². The van der Waals surface area contributed by atoms with Crippen LogP contribution in [-0.2, 0) is 6.42 Å². The summed E-state index contributed by atoms with van der Waals surface area (Å²) in [6, 6.07) is 8.12. The van der Waals surface area contributed by atoms with Gasteiger partial charge in [-0.3, -0.25) is 0 Å². The minimum Gasteiger partial charge on any atom is -0.241 e. The van der Waals surface area contributed by atoms with Gasteiger partial charge in [-0.15, -0.1) is 0 Å². The van der Waals surface area contributed by atoms with E-state index in [1.165, 1.54) is 5.56 Å². The van der Waals surface area contributed by atoms with Crippen LogP contribution in [0.5, 0.6) is 0 Å². The maximum absolute atomic E-state index is 5.79. The van der Waals surface area contributed by atoms with Gasteiger partial charge in [-0.2, -0.15) is 0 Å². The smallest absolute Gasteiger partial charge is 0.107 e. The van der Waals surface area contributed by atoms with Crippen molar-refractivity contribution in [1.29, 1.82) is 0 Å². The second-order valence-electron chi connectivity index (χ2n) is 2.62. The second kappa shape index (κ2) is 2.67. The molecule has 0 spiro atoms. The van der Waals surface area contributed by atoms with Gasteiger partial charge < -0.3 is 0 Å². The average molecular weight is 166 g/mol. The van der Waals surface area contributed by atoms with Gasteiger partial charge in [0.2, 0.25) is 0 Å². The third-order valence-electron chi connectivity index (χ3n) is 1.83. The quantitative estimate of drug-likeness (QED) is 0.561. The normalized spacial score (nSPS) is 15.5. The van der Waals surface area contributed by atoms with Crippen molar-refractivity contribution in [2.24, 2.45) is 4.99 Å². The van der Waals surface area contributed by atoms with E-state index < -0.39 is 0 Å². The molecular weight excluding hydrogens is 158 g/mol. The van der Waals surface area contributed by atoms with Crippen LogP contribution in [0.4, 0.5) is 5.69 Å². The Hall–Kier alpha value is -0.820. The summed E-state index contributed by atoms with van der Waals surface area (Å²) in [5.41, 5.74) is 2.33. The number of halogens is 1. The van der Waals surface area contributed by atoms with E-state index in [1.54, 1.807) is 0 Å². The van der Waals surface area contributed by atoms with Crippen molar-refractivity contribution in [3.05, 3.63) is 29.8 Å². The monoisotopic (exact) mass is 165 g/mol. The number of benzene rings is 1. The molecule has 0 bridgehead atoms. The van der Waals surface area contributed by atoms with E-state index in [0.717, 1.165) is 23.7 Å². The Morgan fingerprint density at radius 2 is 2.00 bits per heavy atom. The lowest BCUT2D eigenvalue weighted by molar-refractivity contribution is 1.02. The van der Waals surface area contributed by atoms with Crippen LogP contribution in [0.2, 0.25) is 0 Å². The third-order valence-corrected chi connectivity index (χ3v) is 2.11. The minimum absolute atomic E-state index is 0.726. The van der Waals surface area contributed by atoms with E-state index in [9.17, 15) is 0 Å². The minimum atomic E-state index is 0.726. The highest BCUT2D eigenvalue weighted by molar-refractivity contribution is 6.65. The number of rotatable bonds is 0. The number of nitrogens with zero attached hydrogens (tertiary/aromatic N) is 1. The molecule has 0 aromatic heterocycles. The fraction of sp³-hybridized carbons (Fsp3) is 0.222. The Morgan fingerprint density at radius 1 is 1.18 bits per heavy atom. The van der Waals surface area contributed by atoms with E-state index in [-0.39, 0.29) is 0 Å². The van der Waals surface area contributed by atoms with Gasteiger partial charge in [-0.25, -0.2) is 4.99 Å². The summed E-state index contributed by atoms with van der Waals surface area (Å²) in [5, 5.41) is 0.726. The Labute approximate surface area is 70.7 Å². The number of aliphatic imine (C=N–C) groups is 1. The van der Waals surface area contributed by atoms with Gasteiger partial charge >= 0.3 is 0 Å². The maximum atomic E-state index is 5.79. The molecule has 11 heavy (non-hydrogen) atoms. The molecule has 2 rings (SSSR count).